The van der Waals surface area contributed by atoms with Gasteiger partial charge in [0.15, 0.2) is 0 Å². The number of nitrogens with one attached hydrogen (secondary N) is 3. The van der Waals surface area contributed by atoms with E-state index in [9.17, 15) is 23.1 Å². The van der Waals surface area contributed by atoms with Crippen LogP contribution < -0.4 is 20.1 Å². The zero-order chi connectivity index (χ0) is 23.3. The van der Waals surface area contributed by atoms with E-state index in [0.717, 1.165) is 18.2 Å². The van der Waals surface area contributed by atoms with Crippen molar-refractivity contribution in [2.75, 3.05) is 11.9 Å². The number of aliphatic hydroxyl groups excluding tert-OH is 1. The Morgan fingerprint density at radius 3 is 2.56 bits per heavy atom. The number of aliphatic hydroxyl groups is 1. The highest BCUT2D eigenvalue weighted by atomic mass is 19.4. The van der Waals surface area contributed by atoms with E-state index >= 15 is 0 Å². The summed E-state index contributed by atoms with van der Waals surface area (Å²) >= 11 is 0. The number of amides is 1. The number of anilines is 2. The molecule has 0 unspecified atom stereocenters. The van der Waals surface area contributed by atoms with Gasteiger partial charge in [0.2, 0.25) is 5.91 Å². The smallest absolute Gasteiger partial charge is 0.489 e. The first-order valence-corrected chi connectivity index (χ1v) is 9.59. The van der Waals surface area contributed by atoms with Crippen molar-refractivity contribution in [1.82, 2.24) is 10.3 Å². The summed E-state index contributed by atoms with van der Waals surface area (Å²) < 4.78 is 46.8. The Morgan fingerprint density at radius 2 is 1.97 bits per heavy atom. The summed E-state index contributed by atoms with van der Waals surface area (Å²) in [7, 11) is 0. The minimum absolute atomic E-state index is 0.0114. The van der Waals surface area contributed by atoms with Gasteiger partial charge in [0.1, 0.15) is 23.4 Å². The molecule has 3 rings (SSSR count). The number of hydrogen-bond donors (Lipinski definition) is 4. The lowest BCUT2D eigenvalue weighted by atomic mass is 9.92. The molecule has 0 bridgehead atoms. The molecule has 1 saturated carbocycles. The highest BCUT2D eigenvalue weighted by Crippen LogP contribution is 2.33. The van der Waals surface area contributed by atoms with E-state index < -0.39 is 18.4 Å². The molecule has 32 heavy (non-hydrogen) atoms. The number of benzene rings is 1. The van der Waals surface area contributed by atoms with Crippen LogP contribution in [0.1, 0.15) is 18.4 Å². The minimum atomic E-state index is -4.80. The molecule has 170 valence electrons. The quantitative estimate of drug-likeness (QED) is 0.344. The van der Waals surface area contributed by atoms with Gasteiger partial charge in [0, 0.05) is 24.7 Å². The second-order valence-electron chi connectivity index (χ2n) is 7.00. The van der Waals surface area contributed by atoms with Gasteiger partial charge >= 0.3 is 6.36 Å². The lowest BCUT2D eigenvalue weighted by Gasteiger charge is -2.32. The molecule has 0 atom stereocenters. The van der Waals surface area contributed by atoms with Crippen molar-refractivity contribution in [3.63, 3.8) is 0 Å². The number of aromatic nitrogens is 1. The van der Waals surface area contributed by atoms with E-state index in [1.54, 1.807) is 6.07 Å². The van der Waals surface area contributed by atoms with Crippen LogP contribution in [0.2, 0.25) is 0 Å². The summed E-state index contributed by atoms with van der Waals surface area (Å²) in [5.41, 5.74) is 0.656. The molecule has 1 heterocycles. The van der Waals surface area contributed by atoms with E-state index in [-0.39, 0.29) is 35.5 Å². The number of alkyl halides is 3. The van der Waals surface area contributed by atoms with E-state index in [2.05, 4.69) is 26.9 Å². The number of halogens is 3. The lowest BCUT2D eigenvalue weighted by molar-refractivity contribution is -0.274. The summed E-state index contributed by atoms with van der Waals surface area (Å²) in [4.78, 5) is 15.7. The number of ether oxygens (including phenoxy) is 2. The Balaban J connectivity index is 1.84. The fraction of sp³-hybridized carbons (Fsp3) is 0.286. The third-order valence-corrected chi connectivity index (χ3v) is 4.55. The van der Waals surface area contributed by atoms with Crippen molar-refractivity contribution in [3.05, 3.63) is 54.7 Å². The third-order valence-electron chi connectivity index (χ3n) is 4.55. The van der Waals surface area contributed by atoms with Crippen molar-refractivity contribution >= 4 is 23.1 Å². The predicted octanol–water partition coefficient (Wildman–Crippen LogP) is 3.30. The van der Waals surface area contributed by atoms with Gasteiger partial charge in [-0.2, -0.15) is 0 Å². The first-order chi connectivity index (χ1) is 15.1. The van der Waals surface area contributed by atoms with Crippen molar-refractivity contribution in [2.45, 2.75) is 31.4 Å². The number of rotatable bonds is 9. The number of carbonyl (C=O) groups is 1. The van der Waals surface area contributed by atoms with Crippen LogP contribution >= 0.6 is 0 Å². The second kappa shape index (κ2) is 9.69. The topological polar surface area (TPSA) is 117 Å². The van der Waals surface area contributed by atoms with E-state index in [1.807, 2.05) is 0 Å². The van der Waals surface area contributed by atoms with Crippen LogP contribution in [-0.2, 0) is 4.79 Å². The molecule has 1 amide bonds. The van der Waals surface area contributed by atoms with Crippen LogP contribution in [0.4, 0.5) is 24.7 Å². The molecular weight excluding hydrogens is 429 g/mol. The van der Waals surface area contributed by atoms with E-state index in [0.29, 0.717) is 24.3 Å². The predicted molar refractivity (Wildman–Crippen MR) is 110 cm³/mol. The zero-order valence-electron chi connectivity index (χ0n) is 16.8. The largest absolute Gasteiger partial charge is 0.573 e. The zero-order valence-corrected chi connectivity index (χ0v) is 16.8. The molecular formula is C21H21F3N4O4. The van der Waals surface area contributed by atoms with Crippen molar-refractivity contribution in [3.8, 4) is 11.5 Å². The molecule has 1 aliphatic carbocycles. The fourth-order valence-corrected chi connectivity index (χ4v) is 2.96. The summed E-state index contributed by atoms with van der Waals surface area (Å²) in [5.74, 6) is -0.297. The second-order valence-corrected chi connectivity index (χ2v) is 7.00. The van der Waals surface area contributed by atoms with Crippen LogP contribution in [0.25, 0.3) is 0 Å². The van der Waals surface area contributed by atoms with Gasteiger partial charge in [0.25, 0.3) is 0 Å². The lowest BCUT2D eigenvalue weighted by Crippen LogP contribution is -2.38. The highest BCUT2D eigenvalue weighted by molar-refractivity contribution is 6.08. The molecule has 1 aromatic heterocycles. The molecule has 1 aliphatic rings. The fourth-order valence-electron chi connectivity index (χ4n) is 2.96. The summed E-state index contributed by atoms with van der Waals surface area (Å²) in [6, 6.07) is 6.58. The molecule has 0 aliphatic heterocycles. The van der Waals surface area contributed by atoms with Crippen molar-refractivity contribution in [2.24, 2.45) is 0 Å². The molecule has 8 nitrogen and oxygen atoms in total. The number of pyridine rings is 1. The number of carbonyl (C=O) groups excluding carboxylic acids is 1. The Kier molecular flexibility index (Phi) is 6.98. The normalized spacial score (nSPS) is 17.6. The Morgan fingerprint density at radius 1 is 1.28 bits per heavy atom. The Bertz CT molecular complexity index is 990. The molecule has 1 fully saturated rings. The standard InChI is InChI=1S/C21H21F3N4O4/c1-2-18(30)27-11-16(25)19-17(31-15-9-13(29)10-15)7-8-26-20(19)28-12-3-5-14(6-4-12)32-21(22,23)24/h2-8,13,15,25,29H,1,9-11H2,(H,26,28)(H,27,30). The van der Waals surface area contributed by atoms with Gasteiger partial charge in [-0.3, -0.25) is 4.79 Å². The van der Waals surface area contributed by atoms with Crippen molar-refractivity contribution in [1.29, 1.82) is 5.41 Å². The van der Waals surface area contributed by atoms with Crippen LogP contribution in [0.15, 0.2) is 49.2 Å². The van der Waals surface area contributed by atoms with Gasteiger partial charge < -0.3 is 30.6 Å². The van der Waals surface area contributed by atoms with Gasteiger partial charge in [-0.1, -0.05) is 6.58 Å². The molecule has 4 N–H and O–H groups in total. The molecule has 11 heteroatoms. The highest BCUT2D eigenvalue weighted by Gasteiger charge is 2.31. The van der Waals surface area contributed by atoms with Crippen LogP contribution in [0.5, 0.6) is 11.5 Å². The van der Waals surface area contributed by atoms with Gasteiger partial charge in [-0.25, -0.2) is 4.98 Å². The molecule has 0 saturated heterocycles. The van der Waals surface area contributed by atoms with Crippen LogP contribution in [0.3, 0.4) is 0 Å². The van der Waals surface area contributed by atoms with Gasteiger partial charge in [-0.15, -0.1) is 13.2 Å². The maximum Gasteiger partial charge on any atom is 0.573 e. The monoisotopic (exact) mass is 450 g/mol. The van der Waals surface area contributed by atoms with E-state index in [1.165, 1.54) is 18.3 Å². The minimum Gasteiger partial charge on any atom is -0.489 e. The first kappa shape index (κ1) is 23.1. The van der Waals surface area contributed by atoms with Crippen LogP contribution in [0, 0.1) is 5.41 Å². The Labute approximate surface area is 181 Å². The SMILES string of the molecule is C=CC(=O)NCC(=N)c1c(OC2CC(O)C2)ccnc1Nc1ccc(OC(F)(F)F)cc1. The average Bonchev–Trinajstić information content (AvgIpc) is 2.71. The molecule has 1 aromatic carbocycles. The number of nitrogens with zero attached hydrogens (tertiary/aromatic N) is 1. The van der Waals surface area contributed by atoms with E-state index in [4.69, 9.17) is 10.1 Å². The maximum atomic E-state index is 12.4. The van der Waals surface area contributed by atoms with Crippen LogP contribution in [-0.4, -0.2) is 46.8 Å². The Hall–Kier alpha value is -3.60. The summed E-state index contributed by atoms with van der Waals surface area (Å²) in [6.45, 7) is 3.23. The number of hydrogen-bond acceptors (Lipinski definition) is 7. The summed E-state index contributed by atoms with van der Waals surface area (Å²) in [6.07, 6.45) is -2.03. The maximum absolute atomic E-state index is 12.4. The van der Waals surface area contributed by atoms with Gasteiger partial charge in [-0.05, 0) is 36.4 Å². The molecule has 0 radical (unpaired) electrons. The molecule has 0 spiro atoms. The summed E-state index contributed by atoms with van der Waals surface area (Å²) in [5, 5.41) is 23.4. The molecule has 2 aromatic rings. The third kappa shape index (κ3) is 6.20. The first-order valence-electron chi connectivity index (χ1n) is 9.59. The van der Waals surface area contributed by atoms with Gasteiger partial charge in [0.05, 0.1) is 23.9 Å². The van der Waals surface area contributed by atoms with Crippen molar-refractivity contribution < 1.29 is 32.5 Å². The average molecular weight is 450 g/mol.